The molecule has 0 aliphatic carbocycles. The first-order valence-corrected chi connectivity index (χ1v) is 9.36. The SMILES string of the molecule is [2H]C1([2H])N(c2cc3c(c(F)c2F)C(=O)N(C2CCC(=O)NC2=O)C3)C([2H])([2H])C([2H])([2H])N(C(C)(C)C)C1([2H])[2H]. The molecule has 1 N–H and O–H groups in total. The van der Waals surface area contributed by atoms with Crippen LogP contribution in [0.2, 0.25) is 0 Å². The number of fused-ring (bicyclic) bond motifs is 1. The second-order valence-electron chi connectivity index (χ2n) is 8.25. The number of carbonyl (C=O) groups is 3. The normalized spacial score (nSPS) is 33.8. The van der Waals surface area contributed by atoms with Crippen LogP contribution in [0.3, 0.4) is 0 Å². The molecule has 3 heterocycles. The maximum absolute atomic E-state index is 15.5. The average Bonchev–Trinajstić information content (AvgIpc) is 3.05. The van der Waals surface area contributed by atoms with E-state index in [1.807, 2.05) is 0 Å². The molecule has 0 radical (unpaired) electrons. The molecule has 7 nitrogen and oxygen atoms in total. The molecule has 1 unspecified atom stereocenters. The number of rotatable bonds is 2. The molecule has 0 bridgehead atoms. The van der Waals surface area contributed by atoms with E-state index >= 15 is 8.78 Å². The van der Waals surface area contributed by atoms with E-state index in [0.717, 1.165) is 11.0 Å². The van der Waals surface area contributed by atoms with Gasteiger partial charge < -0.3 is 9.80 Å². The van der Waals surface area contributed by atoms with Crippen LogP contribution < -0.4 is 10.2 Å². The van der Waals surface area contributed by atoms with Crippen molar-refractivity contribution < 1.29 is 34.1 Å². The van der Waals surface area contributed by atoms with E-state index in [9.17, 15) is 14.4 Å². The maximum atomic E-state index is 15.5. The highest BCUT2D eigenvalue weighted by Gasteiger charge is 2.42. The fourth-order valence-electron chi connectivity index (χ4n) is 3.52. The summed E-state index contributed by atoms with van der Waals surface area (Å²) in [6.07, 6.45) is -0.164. The number of carbonyl (C=O) groups excluding carboxylic acids is 3. The third kappa shape index (κ3) is 3.45. The first-order chi connectivity index (χ1) is 17.1. The molecule has 1 aromatic rings. The topological polar surface area (TPSA) is 73.0 Å². The summed E-state index contributed by atoms with van der Waals surface area (Å²) in [7, 11) is 0. The Bertz CT molecular complexity index is 1230. The van der Waals surface area contributed by atoms with Crippen LogP contribution in [-0.2, 0) is 16.1 Å². The van der Waals surface area contributed by atoms with Crippen molar-refractivity contribution in [3.8, 4) is 0 Å². The zero-order chi connectivity index (χ0) is 29.0. The van der Waals surface area contributed by atoms with Crippen LogP contribution in [0, 0.1) is 11.6 Å². The van der Waals surface area contributed by atoms with Gasteiger partial charge in [-0.25, -0.2) is 8.78 Å². The second kappa shape index (κ2) is 7.30. The Kier molecular flexibility index (Phi) is 3.16. The predicted octanol–water partition coefficient (Wildman–Crippen LogP) is 1.65. The van der Waals surface area contributed by atoms with Gasteiger partial charge in [0, 0.05) is 50.0 Å². The molecule has 2 fully saturated rings. The van der Waals surface area contributed by atoms with Crippen molar-refractivity contribution in [3.05, 3.63) is 28.8 Å². The lowest BCUT2D eigenvalue weighted by Crippen LogP contribution is -2.53. The molecular formula is C21H26F2N4O3. The molecule has 2 saturated heterocycles. The Labute approximate surface area is 185 Å². The summed E-state index contributed by atoms with van der Waals surface area (Å²) >= 11 is 0. The van der Waals surface area contributed by atoms with Crippen LogP contribution in [0.1, 0.15) is 60.5 Å². The quantitative estimate of drug-likeness (QED) is 0.726. The minimum atomic E-state index is -3.46. The molecule has 3 amide bonds. The lowest BCUT2D eigenvalue weighted by Gasteiger charge is -2.43. The molecule has 1 aromatic carbocycles. The van der Waals surface area contributed by atoms with Crippen molar-refractivity contribution in [1.82, 2.24) is 15.1 Å². The maximum Gasteiger partial charge on any atom is 0.258 e. The number of benzene rings is 1. The second-order valence-corrected chi connectivity index (χ2v) is 8.25. The zero-order valence-electron chi connectivity index (χ0n) is 24.6. The van der Waals surface area contributed by atoms with Crippen molar-refractivity contribution in [2.24, 2.45) is 0 Å². The largest absolute Gasteiger partial charge is 0.367 e. The van der Waals surface area contributed by atoms with Gasteiger partial charge in [0.25, 0.3) is 5.91 Å². The molecule has 3 aliphatic heterocycles. The van der Waals surface area contributed by atoms with Gasteiger partial charge in [0.15, 0.2) is 11.6 Å². The first-order valence-electron chi connectivity index (χ1n) is 13.4. The third-order valence-corrected chi connectivity index (χ3v) is 5.13. The molecule has 9 heteroatoms. The summed E-state index contributed by atoms with van der Waals surface area (Å²) in [6.45, 7) is -9.84. The van der Waals surface area contributed by atoms with Crippen molar-refractivity contribution in [2.75, 3.05) is 30.9 Å². The number of imide groups is 1. The van der Waals surface area contributed by atoms with E-state index in [4.69, 9.17) is 11.0 Å². The van der Waals surface area contributed by atoms with Crippen molar-refractivity contribution in [3.63, 3.8) is 0 Å². The molecule has 162 valence electrons. The molecule has 0 spiro atoms. The van der Waals surface area contributed by atoms with Gasteiger partial charge in [-0.3, -0.25) is 24.6 Å². The standard InChI is InChI=1S/C21H26F2N4O3/c1-21(2,3)26-8-6-25(7-9-26)14-10-12-11-27(13-4-5-15(28)24-19(13)29)20(30)16(12)18(23)17(14)22/h10,13H,4-9,11H2,1-3H3,(H,24,28,29)/i6D2,7D2,8D2,9D2. The van der Waals surface area contributed by atoms with Crippen LogP contribution >= 0.6 is 0 Å². The van der Waals surface area contributed by atoms with Crippen LogP contribution in [0.4, 0.5) is 14.5 Å². The Balaban J connectivity index is 1.87. The highest BCUT2D eigenvalue weighted by molar-refractivity contribution is 6.05. The number of nitrogens with zero attached hydrogens (tertiary/aromatic N) is 3. The van der Waals surface area contributed by atoms with Gasteiger partial charge in [-0.05, 0) is 38.8 Å². The molecule has 0 aromatic heterocycles. The number of hydrogen-bond donors (Lipinski definition) is 1. The van der Waals surface area contributed by atoms with E-state index in [2.05, 4.69) is 5.32 Å². The van der Waals surface area contributed by atoms with Crippen molar-refractivity contribution in [1.29, 1.82) is 0 Å². The van der Waals surface area contributed by atoms with Crippen LogP contribution in [0.5, 0.6) is 0 Å². The number of anilines is 1. The van der Waals surface area contributed by atoms with E-state index in [-0.39, 0.29) is 23.3 Å². The first kappa shape index (κ1) is 13.0. The number of nitrogens with one attached hydrogen (secondary N) is 1. The summed E-state index contributed by atoms with van der Waals surface area (Å²) < 4.78 is 99.0. The van der Waals surface area contributed by atoms with Crippen LogP contribution in [0.15, 0.2) is 6.07 Å². The Hall–Kier alpha value is -2.55. The van der Waals surface area contributed by atoms with E-state index in [1.165, 1.54) is 20.8 Å². The number of piperazine rings is 1. The Morgan fingerprint density at radius 3 is 2.37 bits per heavy atom. The minimum Gasteiger partial charge on any atom is -0.367 e. The Morgan fingerprint density at radius 2 is 1.77 bits per heavy atom. The summed E-state index contributed by atoms with van der Waals surface area (Å²) in [4.78, 5) is 37.9. The minimum absolute atomic E-state index is 0.0678. The monoisotopic (exact) mass is 428 g/mol. The van der Waals surface area contributed by atoms with Gasteiger partial charge >= 0.3 is 0 Å². The van der Waals surface area contributed by atoms with Crippen molar-refractivity contribution in [2.45, 2.75) is 51.7 Å². The molecule has 4 rings (SSSR count). The van der Waals surface area contributed by atoms with Gasteiger partial charge in [-0.1, -0.05) is 0 Å². The summed E-state index contributed by atoms with van der Waals surface area (Å²) in [5, 5.41) is 2.06. The number of halogens is 2. The van der Waals surface area contributed by atoms with Gasteiger partial charge in [0.1, 0.15) is 6.04 Å². The lowest BCUT2D eigenvalue weighted by molar-refractivity contribution is -0.136. The number of hydrogen-bond acceptors (Lipinski definition) is 5. The number of amides is 3. The number of piperidine rings is 1. The summed E-state index contributed by atoms with van der Waals surface area (Å²) in [5.41, 5.74) is -3.58. The average molecular weight is 429 g/mol. The fraction of sp³-hybridized carbons (Fsp3) is 0.571. The highest BCUT2D eigenvalue weighted by atomic mass is 19.2. The molecule has 3 aliphatic rings. The summed E-state index contributed by atoms with van der Waals surface area (Å²) in [6, 6.07) is -0.401. The molecule has 0 saturated carbocycles. The molecule has 30 heavy (non-hydrogen) atoms. The van der Waals surface area contributed by atoms with Gasteiger partial charge in [-0.15, -0.1) is 0 Å². The highest BCUT2D eigenvalue weighted by Crippen LogP contribution is 2.35. The van der Waals surface area contributed by atoms with Gasteiger partial charge in [0.2, 0.25) is 11.8 Å². The lowest BCUT2D eigenvalue weighted by atomic mass is 10.0. The summed E-state index contributed by atoms with van der Waals surface area (Å²) in [5.74, 6) is -6.09. The van der Waals surface area contributed by atoms with E-state index in [1.54, 1.807) is 0 Å². The van der Waals surface area contributed by atoms with Gasteiger partial charge in [-0.2, -0.15) is 0 Å². The fourth-order valence-corrected chi connectivity index (χ4v) is 3.52. The molecular weight excluding hydrogens is 394 g/mol. The third-order valence-electron chi connectivity index (χ3n) is 5.13. The Morgan fingerprint density at radius 1 is 1.10 bits per heavy atom. The zero-order valence-corrected chi connectivity index (χ0v) is 16.6. The van der Waals surface area contributed by atoms with Crippen LogP contribution in [0.25, 0.3) is 0 Å². The van der Waals surface area contributed by atoms with E-state index < -0.39 is 84.7 Å². The van der Waals surface area contributed by atoms with Crippen LogP contribution in [-0.4, -0.2) is 65.1 Å². The smallest absolute Gasteiger partial charge is 0.258 e. The van der Waals surface area contributed by atoms with E-state index in [0.29, 0.717) is 4.90 Å². The van der Waals surface area contributed by atoms with Crippen molar-refractivity contribution >= 4 is 23.4 Å². The predicted molar refractivity (Wildman–Crippen MR) is 106 cm³/mol. The molecule has 1 atom stereocenters. The van der Waals surface area contributed by atoms with Gasteiger partial charge in [0.05, 0.1) is 16.7 Å².